The number of hydrogen-bond donors (Lipinski definition) is 1. The maximum atomic E-state index is 5.68. The Morgan fingerprint density at radius 1 is 1.41 bits per heavy atom. The van der Waals surface area contributed by atoms with Crippen LogP contribution in [0.25, 0.3) is 0 Å². The minimum absolute atomic E-state index is 0.553. The molecule has 5 nitrogen and oxygen atoms in total. The van der Waals surface area contributed by atoms with Crippen LogP contribution in [0.2, 0.25) is 0 Å². The Hall–Kier alpha value is -1.79. The Bertz CT molecular complexity index is 631. The highest BCUT2D eigenvalue weighted by atomic mass is 35.5. The van der Waals surface area contributed by atoms with E-state index in [4.69, 9.17) is 21.1 Å². The number of anilines is 1. The summed E-state index contributed by atoms with van der Waals surface area (Å²) in [5.74, 6) is 1.94. The van der Waals surface area contributed by atoms with E-state index in [0.29, 0.717) is 24.0 Å². The van der Waals surface area contributed by atoms with Gasteiger partial charge in [0.25, 0.3) is 0 Å². The minimum Gasteiger partial charge on any atom is -0.493 e. The van der Waals surface area contributed by atoms with Crippen LogP contribution in [0.3, 0.4) is 0 Å². The van der Waals surface area contributed by atoms with Crippen molar-refractivity contribution in [3.8, 4) is 11.5 Å². The number of ether oxygens (including phenoxy) is 2. The summed E-state index contributed by atoms with van der Waals surface area (Å²) in [4.78, 5) is 4.27. The average Bonchev–Trinajstić information content (AvgIpc) is 2.93. The van der Waals surface area contributed by atoms with Gasteiger partial charge in [-0.2, -0.15) is 5.10 Å². The quantitative estimate of drug-likeness (QED) is 0.343. The summed E-state index contributed by atoms with van der Waals surface area (Å²) in [5.41, 5.74) is 4.78. The zero-order valence-corrected chi connectivity index (χ0v) is 14.1. The van der Waals surface area contributed by atoms with Gasteiger partial charge in [-0.3, -0.25) is 5.43 Å². The monoisotopic (exact) mass is 339 g/mol. The lowest BCUT2D eigenvalue weighted by Gasteiger charge is -2.10. The van der Waals surface area contributed by atoms with Gasteiger partial charge < -0.3 is 9.47 Å². The number of thiazole rings is 1. The van der Waals surface area contributed by atoms with Gasteiger partial charge in [0.1, 0.15) is 0 Å². The number of hydrazone groups is 1. The molecule has 0 fully saturated rings. The van der Waals surface area contributed by atoms with Crippen LogP contribution in [0.1, 0.15) is 17.7 Å². The van der Waals surface area contributed by atoms with Crippen LogP contribution in [0.5, 0.6) is 11.5 Å². The van der Waals surface area contributed by atoms with Gasteiger partial charge in [-0.05, 0) is 37.1 Å². The smallest absolute Gasteiger partial charge is 0.203 e. The number of rotatable bonds is 8. The van der Waals surface area contributed by atoms with Gasteiger partial charge in [-0.25, -0.2) is 4.98 Å². The van der Waals surface area contributed by atoms with E-state index in [1.165, 1.54) is 11.3 Å². The van der Waals surface area contributed by atoms with Crippen molar-refractivity contribution in [2.75, 3.05) is 25.0 Å². The lowest BCUT2D eigenvalue weighted by atomic mass is 10.2. The molecule has 0 aliphatic heterocycles. The molecule has 0 atom stereocenters. The van der Waals surface area contributed by atoms with Crippen LogP contribution >= 0.6 is 22.9 Å². The maximum Gasteiger partial charge on any atom is 0.203 e. The molecule has 118 valence electrons. The SMILES string of the molecule is COc1ccc(C=NNc2nc(C)cs2)cc1OCCCCl. The van der Waals surface area contributed by atoms with Crippen LogP contribution in [0, 0.1) is 6.92 Å². The minimum atomic E-state index is 0.553. The Balaban J connectivity index is 2.02. The van der Waals surface area contributed by atoms with Gasteiger partial charge in [0.15, 0.2) is 11.5 Å². The summed E-state index contributed by atoms with van der Waals surface area (Å²) in [6, 6.07) is 5.64. The number of nitrogens with one attached hydrogen (secondary N) is 1. The van der Waals surface area contributed by atoms with E-state index in [2.05, 4.69) is 15.5 Å². The van der Waals surface area contributed by atoms with E-state index in [1.807, 2.05) is 30.5 Å². The molecular weight excluding hydrogens is 322 g/mol. The first kappa shape index (κ1) is 16.6. The van der Waals surface area contributed by atoms with Crippen molar-refractivity contribution >= 4 is 34.3 Å². The van der Waals surface area contributed by atoms with E-state index in [-0.39, 0.29) is 0 Å². The summed E-state index contributed by atoms with van der Waals surface area (Å²) in [5, 5.41) is 6.90. The molecule has 1 heterocycles. The van der Waals surface area contributed by atoms with Crippen LogP contribution < -0.4 is 14.9 Å². The summed E-state index contributed by atoms with van der Waals surface area (Å²) < 4.78 is 11.0. The zero-order valence-electron chi connectivity index (χ0n) is 12.5. The number of aromatic nitrogens is 1. The van der Waals surface area contributed by atoms with Gasteiger partial charge in [0.2, 0.25) is 5.13 Å². The second-order valence-electron chi connectivity index (χ2n) is 4.47. The van der Waals surface area contributed by atoms with Gasteiger partial charge >= 0.3 is 0 Å². The first-order chi connectivity index (χ1) is 10.7. The molecule has 0 aliphatic carbocycles. The van der Waals surface area contributed by atoms with Crippen LogP contribution in [0.15, 0.2) is 28.7 Å². The Morgan fingerprint density at radius 2 is 2.27 bits per heavy atom. The number of methoxy groups -OCH3 is 1. The third-order valence-corrected chi connectivity index (χ3v) is 3.85. The van der Waals surface area contributed by atoms with Gasteiger partial charge in [-0.1, -0.05) is 0 Å². The van der Waals surface area contributed by atoms with Crippen molar-refractivity contribution in [3.63, 3.8) is 0 Å². The van der Waals surface area contributed by atoms with Gasteiger partial charge in [0.05, 0.1) is 25.6 Å². The second-order valence-corrected chi connectivity index (χ2v) is 5.70. The van der Waals surface area contributed by atoms with Crippen LogP contribution in [-0.2, 0) is 0 Å². The number of benzene rings is 1. The first-order valence-corrected chi connectivity index (χ1v) is 8.22. The lowest BCUT2D eigenvalue weighted by Crippen LogP contribution is -2.00. The summed E-state index contributed by atoms with van der Waals surface area (Å²) in [7, 11) is 1.61. The molecule has 0 saturated carbocycles. The fourth-order valence-corrected chi connectivity index (χ4v) is 2.44. The van der Waals surface area contributed by atoms with E-state index >= 15 is 0 Å². The molecule has 0 bridgehead atoms. The molecule has 0 unspecified atom stereocenters. The molecule has 7 heteroatoms. The first-order valence-electron chi connectivity index (χ1n) is 6.81. The second kappa shape index (κ2) is 8.60. The van der Waals surface area contributed by atoms with Crippen molar-refractivity contribution in [1.29, 1.82) is 0 Å². The van der Waals surface area contributed by atoms with Crippen molar-refractivity contribution in [1.82, 2.24) is 4.98 Å². The summed E-state index contributed by atoms with van der Waals surface area (Å²) in [6.07, 6.45) is 2.50. The van der Waals surface area contributed by atoms with E-state index in [0.717, 1.165) is 22.8 Å². The largest absolute Gasteiger partial charge is 0.493 e. The molecule has 0 amide bonds. The molecule has 0 aliphatic rings. The third-order valence-electron chi connectivity index (χ3n) is 2.72. The number of alkyl halides is 1. The van der Waals surface area contributed by atoms with Crippen LogP contribution in [-0.4, -0.2) is 30.8 Å². The zero-order chi connectivity index (χ0) is 15.8. The van der Waals surface area contributed by atoms with Crippen molar-refractivity contribution < 1.29 is 9.47 Å². The third kappa shape index (κ3) is 4.89. The molecular formula is C15H18ClN3O2S. The summed E-state index contributed by atoms with van der Waals surface area (Å²) in [6.45, 7) is 2.50. The number of hydrogen-bond acceptors (Lipinski definition) is 6. The molecule has 0 radical (unpaired) electrons. The van der Waals surface area contributed by atoms with E-state index < -0.39 is 0 Å². The molecule has 0 saturated heterocycles. The normalized spacial score (nSPS) is 10.9. The predicted molar refractivity (Wildman–Crippen MR) is 91.9 cm³/mol. The molecule has 0 spiro atoms. The van der Waals surface area contributed by atoms with Crippen LogP contribution in [0.4, 0.5) is 5.13 Å². The Labute approximate surface area is 138 Å². The molecule has 1 aromatic carbocycles. The van der Waals surface area contributed by atoms with Crippen molar-refractivity contribution in [3.05, 3.63) is 34.8 Å². The highest BCUT2D eigenvalue weighted by molar-refractivity contribution is 7.13. The number of halogens is 1. The highest BCUT2D eigenvalue weighted by Gasteiger charge is 2.05. The fourth-order valence-electron chi connectivity index (χ4n) is 1.69. The molecule has 2 aromatic rings. The van der Waals surface area contributed by atoms with E-state index in [1.54, 1.807) is 13.3 Å². The van der Waals surface area contributed by atoms with Crippen molar-refractivity contribution in [2.24, 2.45) is 5.10 Å². The predicted octanol–water partition coefficient (Wildman–Crippen LogP) is 3.91. The number of nitrogens with zero attached hydrogens (tertiary/aromatic N) is 2. The standard InChI is InChI=1S/C15H18ClN3O2S/c1-11-10-22-15(18-11)19-17-9-12-4-5-13(20-2)14(8-12)21-7-3-6-16/h4-5,8-10H,3,6-7H2,1-2H3,(H,18,19). The Morgan fingerprint density at radius 3 is 2.95 bits per heavy atom. The van der Waals surface area contributed by atoms with Crippen molar-refractivity contribution in [2.45, 2.75) is 13.3 Å². The lowest BCUT2D eigenvalue weighted by molar-refractivity contribution is 0.295. The molecule has 22 heavy (non-hydrogen) atoms. The summed E-state index contributed by atoms with van der Waals surface area (Å²) >= 11 is 7.17. The maximum absolute atomic E-state index is 5.68. The highest BCUT2D eigenvalue weighted by Crippen LogP contribution is 2.27. The topological polar surface area (TPSA) is 55.7 Å². The molecule has 1 aromatic heterocycles. The molecule has 1 N–H and O–H groups in total. The fraction of sp³-hybridized carbons (Fsp3) is 0.333. The average molecular weight is 340 g/mol. The van der Waals surface area contributed by atoms with E-state index in [9.17, 15) is 0 Å². The van der Waals surface area contributed by atoms with Gasteiger partial charge in [-0.15, -0.1) is 22.9 Å². The molecule has 2 rings (SSSR count). The van der Waals surface area contributed by atoms with Gasteiger partial charge in [0, 0.05) is 11.3 Å². The Kier molecular flexibility index (Phi) is 6.48. The number of aryl methyl sites for hydroxylation is 1.